The first-order valence-corrected chi connectivity index (χ1v) is 7.13. The summed E-state index contributed by atoms with van der Waals surface area (Å²) in [6, 6.07) is 4.24. The van der Waals surface area contributed by atoms with Gasteiger partial charge >= 0.3 is 6.03 Å². The summed E-state index contributed by atoms with van der Waals surface area (Å²) >= 11 is 0. The number of aromatic nitrogens is 4. The molecule has 8 nitrogen and oxygen atoms in total. The second kappa shape index (κ2) is 6.60. The number of fused-ring (bicyclic) bond motifs is 1. The third-order valence-corrected chi connectivity index (χ3v) is 3.16. The van der Waals surface area contributed by atoms with Gasteiger partial charge in [-0.15, -0.1) is 0 Å². The molecular formula is C14H14F2N6O2. The number of urea groups is 1. The van der Waals surface area contributed by atoms with E-state index < -0.39 is 18.3 Å². The number of anilines is 1. The fraction of sp³-hybridized carbons (Fsp3) is 0.286. The molecule has 2 heterocycles. The van der Waals surface area contributed by atoms with Crippen molar-refractivity contribution in [3.05, 3.63) is 35.7 Å². The molecule has 0 fully saturated rings. The van der Waals surface area contributed by atoms with Gasteiger partial charge in [0.25, 0.3) is 6.43 Å². The third kappa shape index (κ3) is 3.65. The maximum absolute atomic E-state index is 12.6. The highest BCUT2D eigenvalue weighted by Crippen LogP contribution is 2.22. The first kappa shape index (κ1) is 15.8. The van der Waals surface area contributed by atoms with E-state index in [4.69, 9.17) is 4.52 Å². The molecule has 0 radical (unpaired) electrons. The number of amides is 2. The summed E-state index contributed by atoms with van der Waals surface area (Å²) in [6.45, 7) is 2.02. The van der Waals surface area contributed by atoms with Gasteiger partial charge in [0.05, 0.1) is 11.0 Å². The zero-order chi connectivity index (χ0) is 17.1. The molecule has 0 saturated carbocycles. The van der Waals surface area contributed by atoms with E-state index >= 15 is 0 Å². The Morgan fingerprint density at radius 2 is 2.21 bits per heavy atom. The Kier molecular flexibility index (Phi) is 4.36. The van der Waals surface area contributed by atoms with Crippen molar-refractivity contribution >= 4 is 22.8 Å². The highest BCUT2D eigenvalue weighted by molar-refractivity contribution is 5.91. The van der Waals surface area contributed by atoms with Crippen molar-refractivity contribution in [1.82, 2.24) is 25.4 Å². The summed E-state index contributed by atoms with van der Waals surface area (Å²) in [6.07, 6.45) is -2.27. The molecule has 0 aliphatic carbocycles. The Morgan fingerprint density at radius 3 is 2.92 bits per heavy atom. The fourth-order valence-electron chi connectivity index (χ4n) is 2.11. The first-order valence-electron chi connectivity index (χ1n) is 7.13. The minimum atomic E-state index is -2.68. The van der Waals surface area contributed by atoms with E-state index in [1.54, 1.807) is 19.1 Å². The molecule has 10 heteroatoms. The quantitative estimate of drug-likeness (QED) is 0.663. The van der Waals surface area contributed by atoms with E-state index in [2.05, 4.69) is 30.7 Å². The average Bonchev–Trinajstić information content (AvgIpc) is 3.13. The lowest BCUT2D eigenvalue weighted by atomic mass is 10.3. The van der Waals surface area contributed by atoms with Gasteiger partial charge in [-0.05, 0) is 25.1 Å². The van der Waals surface area contributed by atoms with Crippen LogP contribution < -0.4 is 10.6 Å². The summed E-state index contributed by atoms with van der Waals surface area (Å²) in [5, 5.41) is 8.90. The van der Waals surface area contributed by atoms with Crippen LogP contribution in [-0.2, 0) is 6.42 Å². The number of halogens is 2. The van der Waals surface area contributed by atoms with E-state index in [9.17, 15) is 13.6 Å². The van der Waals surface area contributed by atoms with Crippen molar-refractivity contribution in [2.45, 2.75) is 19.8 Å². The Balaban J connectivity index is 1.56. The number of nitrogens with one attached hydrogen (secondary N) is 3. The van der Waals surface area contributed by atoms with Gasteiger partial charge < -0.3 is 20.1 Å². The number of hydrogen-bond acceptors (Lipinski definition) is 5. The summed E-state index contributed by atoms with van der Waals surface area (Å²) < 4.78 is 30.1. The van der Waals surface area contributed by atoms with Crippen LogP contribution in [0.2, 0.25) is 0 Å². The number of aryl methyl sites for hydroxylation is 1. The number of aromatic amines is 1. The Labute approximate surface area is 134 Å². The number of imidazole rings is 1. The van der Waals surface area contributed by atoms with Crippen LogP contribution in [0.15, 0.2) is 22.7 Å². The van der Waals surface area contributed by atoms with Crippen LogP contribution in [0.5, 0.6) is 0 Å². The van der Waals surface area contributed by atoms with Crippen LogP contribution in [-0.4, -0.2) is 32.7 Å². The van der Waals surface area contributed by atoms with Crippen molar-refractivity contribution in [2.24, 2.45) is 0 Å². The Morgan fingerprint density at radius 1 is 1.38 bits per heavy atom. The predicted octanol–water partition coefficient (Wildman–Crippen LogP) is 2.56. The van der Waals surface area contributed by atoms with Crippen LogP contribution in [0.4, 0.5) is 19.3 Å². The third-order valence-electron chi connectivity index (χ3n) is 3.16. The molecule has 24 heavy (non-hydrogen) atoms. The smallest absolute Gasteiger partial charge is 0.319 e. The van der Waals surface area contributed by atoms with Crippen molar-refractivity contribution in [1.29, 1.82) is 0 Å². The molecule has 0 saturated heterocycles. The normalized spacial score (nSPS) is 11.2. The van der Waals surface area contributed by atoms with Gasteiger partial charge in [-0.3, -0.25) is 0 Å². The van der Waals surface area contributed by atoms with Crippen LogP contribution in [0, 0.1) is 6.92 Å². The standard InChI is InChI=1S/C14H14F2N6O2/c1-7-18-11(24-22-7)4-5-17-14(23)19-8-2-3-9-10(6-8)21-13(20-9)12(15)16/h2-3,6,12H,4-5H2,1H3,(H,20,21)(H2,17,19,23). The fourth-order valence-corrected chi connectivity index (χ4v) is 2.11. The molecule has 3 aromatic rings. The molecule has 0 unspecified atom stereocenters. The van der Waals surface area contributed by atoms with Crippen LogP contribution in [0.3, 0.4) is 0 Å². The van der Waals surface area contributed by atoms with Crippen molar-refractivity contribution in [3.63, 3.8) is 0 Å². The van der Waals surface area contributed by atoms with E-state index in [1.807, 2.05) is 0 Å². The maximum Gasteiger partial charge on any atom is 0.319 e. The van der Waals surface area contributed by atoms with Crippen LogP contribution in [0.25, 0.3) is 11.0 Å². The van der Waals surface area contributed by atoms with Crippen molar-refractivity contribution in [2.75, 3.05) is 11.9 Å². The summed E-state index contributed by atoms with van der Waals surface area (Å²) in [7, 11) is 0. The van der Waals surface area contributed by atoms with Crippen molar-refractivity contribution < 1.29 is 18.1 Å². The van der Waals surface area contributed by atoms with E-state index in [-0.39, 0.29) is 0 Å². The first-order chi connectivity index (χ1) is 11.5. The Bertz CT molecular complexity index is 860. The molecule has 126 valence electrons. The molecule has 3 N–H and O–H groups in total. The van der Waals surface area contributed by atoms with Gasteiger partial charge in [-0.25, -0.2) is 18.6 Å². The zero-order valence-corrected chi connectivity index (χ0v) is 12.6. The number of carbonyl (C=O) groups excluding carboxylic acids is 1. The molecule has 0 atom stereocenters. The minimum Gasteiger partial charge on any atom is -0.339 e. The highest BCUT2D eigenvalue weighted by atomic mass is 19.3. The lowest BCUT2D eigenvalue weighted by Gasteiger charge is -2.06. The summed E-state index contributed by atoms with van der Waals surface area (Å²) in [4.78, 5) is 22.1. The number of alkyl halides is 2. The monoisotopic (exact) mass is 336 g/mol. The molecule has 3 rings (SSSR count). The number of hydrogen-bond donors (Lipinski definition) is 3. The second-order valence-corrected chi connectivity index (χ2v) is 5.02. The molecule has 2 amide bonds. The molecule has 0 spiro atoms. The van der Waals surface area contributed by atoms with Gasteiger partial charge in [0.2, 0.25) is 5.89 Å². The molecule has 2 aromatic heterocycles. The second-order valence-electron chi connectivity index (χ2n) is 5.02. The molecule has 0 bridgehead atoms. The van der Waals surface area contributed by atoms with E-state index in [0.717, 1.165) is 0 Å². The van der Waals surface area contributed by atoms with Crippen molar-refractivity contribution in [3.8, 4) is 0 Å². The molecule has 1 aromatic carbocycles. The number of carbonyl (C=O) groups is 1. The minimum absolute atomic E-state index is 0.315. The lowest BCUT2D eigenvalue weighted by Crippen LogP contribution is -2.30. The van der Waals surface area contributed by atoms with Gasteiger partial charge in [0.1, 0.15) is 0 Å². The van der Waals surface area contributed by atoms with Gasteiger partial charge in [0.15, 0.2) is 11.6 Å². The van der Waals surface area contributed by atoms with E-state index in [1.165, 1.54) is 6.07 Å². The average molecular weight is 336 g/mol. The van der Waals surface area contributed by atoms with Gasteiger partial charge in [-0.2, -0.15) is 4.98 Å². The SMILES string of the molecule is Cc1noc(CCNC(=O)Nc2ccc3nc(C(F)F)[nH]c3c2)n1. The van der Waals surface area contributed by atoms with Gasteiger partial charge in [0, 0.05) is 18.7 Å². The predicted molar refractivity (Wildman–Crippen MR) is 80.8 cm³/mol. The topological polar surface area (TPSA) is 109 Å². The van der Waals surface area contributed by atoms with Gasteiger partial charge in [-0.1, -0.05) is 5.16 Å². The highest BCUT2D eigenvalue weighted by Gasteiger charge is 2.13. The number of H-pyrrole nitrogens is 1. The molecule has 0 aliphatic heterocycles. The summed E-state index contributed by atoms with van der Waals surface area (Å²) in [5.41, 5.74) is 1.28. The molecular weight excluding hydrogens is 322 g/mol. The van der Waals surface area contributed by atoms with E-state index in [0.29, 0.717) is 41.4 Å². The lowest BCUT2D eigenvalue weighted by molar-refractivity contribution is 0.142. The largest absolute Gasteiger partial charge is 0.339 e. The summed E-state index contributed by atoms with van der Waals surface area (Å²) in [5.74, 6) is 0.568. The number of rotatable bonds is 5. The maximum atomic E-state index is 12.6. The number of nitrogens with zero attached hydrogens (tertiary/aromatic N) is 3. The molecule has 0 aliphatic rings. The Hall–Kier alpha value is -3.04. The number of benzene rings is 1. The van der Waals surface area contributed by atoms with Crippen LogP contribution in [0.1, 0.15) is 24.0 Å². The van der Waals surface area contributed by atoms with Crippen LogP contribution >= 0.6 is 0 Å². The zero-order valence-electron chi connectivity index (χ0n) is 12.6.